The molecule has 13 heteroatoms. The highest BCUT2D eigenvalue weighted by atomic mass is 32.2. The van der Waals surface area contributed by atoms with Crippen LogP contribution in [0.1, 0.15) is 5.56 Å². The van der Waals surface area contributed by atoms with E-state index in [0.717, 1.165) is 10.4 Å². The molecule has 188 valence electrons. The number of nitro benzene ring substituents is 2. The van der Waals surface area contributed by atoms with Crippen molar-refractivity contribution < 1.29 is 18.3 Å². The summed E-state index contributed by atoms with van der Waals surface area (Å²) in [5.41, 5.74) is 1.98. The lowest BCUT2D eigenvalue weighted by atomic mass is 10.1. The minimum atomic E-state index is -3.98. The molecule has 0 aliphatic heterocycles. The van der Waals surface area contributed by atoms with Crippen molar-refractivity contribution in [3.63, 3.8) is 0 Å². The summed E-state index contributed by atoms with van der Waals surface area (Å²) in [6.45, 7) is 0.0166. The molecule has 0 fully saturated rings. The molecular weight excluding hydrogens is 500 g/mol. The zero-order valence-corrected chi connectivity index (χ0v) is 20.2. The molecule has 0 amide bonds. The molecule has 1 heterocycles. The van der Waals surface area contributed by atoms with Crippen LogP contribution in [-0.4, -0.2) is 39.6 Å². The van der Waals surface area contributed by atoms with Gasteiger partial charge in [0.05, 0.1) is 20.4 Å². The fourth-order valence-corrected chi connectivity index (χ4v) is 4.71. The van der Waals surface area contributed by atoms with Gasteiger partial charge in [0.1, 0.15) is 0 Å². The van der Waals surface area contributed by atoms with Crippen molar-refractivity contribution in [2.24, 2.45) is 0 Å². The summed E-state index contributed by atoms with van der Waals surface area (Å²) in [5, 5.41) is 25.0. The number of rotatable bonds is 9. The first kappa shape index (κ1) is 25.3. The first-order chi connectivity index (χ1) is 17.6. The van der Waals surface area contributed by atoms with Crippen molar-refractivity contribution in [1.82, 2.24) is 14.3 Å². The summed E-state index contributed by atoms with van der Waals surface area (Å²) in [5.74, 6) is 0.230. The Bertz CT molecular complexity index is 1590. The molecule has 4 aromatic rings. The van der Waals surface area contributed by atoms with E-state index in [1.165, 1.54) is 43.6 Å². The van der Waals surface area contributed by atoms with Crippen molar-refractivity contribution in [3.8, 4) is 11.3 Å². The first-order valence-corrected chi connectivity index (χ1v) is 12.2. The van der Waals surface area contributed by atoms with E-state index in [2.05, 4.69) is 15.3 Å². The quantitative estimate of drug-likeness (QED) is 0.247. The van der Waals surface area contributed by atoms with E-state index < -0.39 is 19.9 Å². The third-order valence-electron chi connectivity index (χ3n) is 5.33. The summed E-state index contributed by atoms with van der Waals surface area (Å²) in [7, 11) is -2.58. The van der Waals surface area contributed by atoms with Gasteiger partial charge in [0.2, 0.25) is 16.0 Å². The zero-order chi connectivity index (χ0) is 26.6. The molecule has 1 N–H and O–H groups in total. The van der Waals surface area contributed by atoms with Crippen molar-refractivity contribution >= 4 is 33.0 Å². The monoisotopic (exact) mass is 520 g/mol. The van der Waals surface area contributed by atoms with Crippen LogP contribution < -0.4 is 5.32 Å². The average Bonchev–Trinajstić information content (AvgIpc) is 2.89. The van der Waals surface area contributed by atoms with Gasteiger partial charge in [-0.25, -0.2) is 18.4 Å². The van der Waals surface area contributed by atoms with E-state index in [0.29, 0.717) is 22.5 Å². The zero-order valence-electron chi connectivity index (χ0n) is 19.4. The summed E-state index contributed by atoms with van der Waals surface area (Å²) >= 11 is 0. The van der Waals surface area contributed by atoms with Gasteiger partial charge in [-0.1, -0.05) is 30.3 Å². The summed E-state index contributed by atoms with van der Waals surface area (Å²) < 4.78 is 27.1. The molecule has 0 unspecified atom stereocenters. The topological polar surface area (TPSA) is 161 Å². The lowest BCUT2D eigenvalue weighted by Gasteiger charge is -2.17. The number of aromatic nitrogens is 2. The molecule has 0 atom stereocenters. The predicted octanol–water partition coefficient (Wildman–Crippen LogP) is 4.52. The van der Waals surface area contributed by atoms with Crippen LogP contribution in [0, 0.1) is 20.2 Å². The number of hydrogen-bond acceptors (Lipinski definition) is 9. The summed E-state index contributed by atoms with van der Waals surface area (Å²) in [6.07, 6.45) is 1.54. The molecule has 0 aliphatic carbocycles. The Morgan fingerprint density at radius 2 is 1.57 bits per heavy atom. The third-order valence-corrected chi connectivity index (χ3v) is 7.13. The minimum absolute atomic E-state index is 0.0166. The molecule has 1 aromatic heterocycles. The van der Waals surface area contributed by atoms with Gasteiger partial charge in [-0.05, 0) is 29.8 Å². The van der Waals surface area contributed by atoms with E-state index in [1.807, 2.05) is 0 Å². The molecule has 0 radical (unpaired) electrons. The third kappa shape index (κ3) is 5.91. The fourth-order valence-electron chi connectivity index (χ4n) is 3.51. The smallest absolute Gasteiger partial charge is 0.271 e. The highest BCUT2D eigenvalue weighted by Gasteiger charge is 2.23. The second-order valence-corrected chi connectivity index (χ2v) is 9.96. The van der Waals surface area contributed by atoms with Gasteiger partial charge in [-0.2, -0.15) is 4.31 Å². The average molecular weight is 521 g/mol. The van der Waals surface area contributed by atoms with Crippen molar-refractivity contribution in [2.75, 3.05) is 12.4 Å². The molecule has 0 saturated heterocycles. The Hall–Kier alpha value is -4.75. The van der Waals surface area contributed by atoms with Gasteiger partial charge in [-0.15, -0.1) is 0 Å². The van der Waals surface area contributed by atoms with Crippen LogP contribution >= 0.6 is 0 Å². The molecule has 0 spiro atoms. The van der Waals surface area contributed by atoms with Gasteiger partial charge < -0.3 is 5.32 Å². The van der Waals surface area contributed by atoms with Crippen molar-refractivity contribution in [3.05, 3.63) is 111 Å². The number of nitrogens with zero attached hydrogens (tertiary/aromatic N) is 5. The first-order valence-electron chi connectivity index (χ1n) is 10.8. The fraction of sp³-hybridized carbons (Fsp3) is 0.0833. The van der Waals surface area contributed by atoms with E-state index >= 15 is 0 Å². The van der Waals surface area contributed by atoms with Crippen molar-refractivity contribution in [2.45, 2.75) is 11.4 Å². The van der Waals surface area contributed by atoms with Crippen LogP contribution in [0.25, 0.3) is 11.3 Å². The van der Waals surface area contributed by atoms with Gasteiger partial charge in [0.25, 0.3) is 11.4 Å². The van der Waals surface area contributed by atoms with Gasteiger partial charge in [0, 0.05) is 55.3 Å². The van der Waals surface area contributed by atoms with E-state index in [1.54, 1.807) is 42.5 Å². The second-order valence-electron chi connectivity index (χ2n) is 7.91. The largest absolute Gasteiger partial charge is 0.324 e. The van der Waals surface area contributed by atoms with Crippen LogP contribution in [0.15, 0.2) is 90.0 Å². The summed E-state index contributed by atoms with van der Waals surface area (Å²) in [6, 6.07) is 19.6. The molecule has 0 bridgehead atoms. The number of nitro groups is 2. The van der Waals surface area contributed by atoms with E-state index in [9.17, 15) is 28.6 Å². The lowest BCUT2D eigenvalue weighted by molar-refractivity contribution is -0.385. The number of sulfonamides is 1. The van der Waals surface area contributed by atoms with Crippen LogP contribution in [-0.2, 0) is 16.6 Å². The van der Waals surface area contributed by atoms with E-state index in [-0.39, 0.29) is 28.8 Å². The number of hydrogen-bond donors (Lipinski definition) is 1. The molecule has 0 saturated carbocycles. The highest BCUT2D eigenvalue weighted by Crippen LogP contribution is 2.25. The summed E-state index contributed by atoms with van der Waals surface area (Å²) in [4.78, 5) is 29.4. The normalized spacial score (nSPS) is 11.3. The SMILES string of the molecule is CN(Cc1cccc(-c2ccnc(Nc3cccc([N+](=O)[O-])c3)n2)c1)S(=O)(=O)c1cccc([N+](=O)[O-])c1. The Morgan fingerprint density at radius 1 is 0.892 bits per heavy atom. The van der Waals surface area contributed by atoms with Crippen LogP contribution in [0.5, 0.6) is 0 Å². The molecule has 0 aliphatic rings. The van der Waals surface area contributed by atoms with Gasteiger partial charge in [0.15, 0.2) is 0 Å². The van der Waals surface area contributed by atoms with Gasteiger partial charge in [-0.3, -0.25) is 20.2 Å². The molecule has 4 rings (SSSR count). The number of anilines is 2. The van der Waals surface area contributed by atoms with Gasteiger partial charge >= 0.3 is 0 Å². The maximum absolute atomic E-state index is 13.0. The molecule has 12 nitrogen and oxygen atoms in total. The van der Waals surface area contributed by atoms with Crippen molar-refractivity contribution in [1.29, 1.82) is 0 Å². The Labute approximate surface area is 211 Å². The molecular formula is C24H20N6O6S. The Morgan fingerprint density at radius 3 is 2.30 bits per heavy atom. The number of non-ortho nitro benzene ring substituents is 2. The van der Waals surface area contributed by atoms with Crippen LogP contribution in [0.2, 0.25) is 0 Å². The maximum atomic E-state index is 13.0. The van der Waals surface area contributed by atoms with Crippen LogP contribution in [0.3, 0.4) is 0 Å². The standard InChI is InChI=1S/C24H20N6O6S/c1-28(37(35,36)22-10-4-9-21(15-22)30(33)34)16-17-5-2-6-18(13-17)23-11-12-25-24(27-23)26-19-7-3-8-20(14-19)29(31)32/h2-15H,16H2,1H3,(H,25,26,27). The lowest BCUT2D eigenvalue weighted by Crippen LogP contribution is -2.26. The van der Waals surface area contributed by atoms with Crippen LogP contribution in [0.4, 0.5) is 23.0 Å². The Balaban J connectivity index is 1.54. The maximum Gasteiger partial charge on any atom is 0.271 e. The number of benzene rings is 3. The Kier molecular flexibility index (Phi) is 7.18. The predicted molar refractivity (Wildman–Crippen MR) is 136 cm³/mol. The molecule has 37 heavy (non-hydrogen) atoms. The second kappa shape index (κ2) is 10.5. The molecule has 3 aromatic carbocycles. The number of nitrogens with one attached hydrogen (secondary N) is 1. The minimum Gasteiger partial charge on any atom is -0.324 e. The van der Waals surface area contributed by atoms with E-state index in [4.69, 9.17) is 0 Å². The highest BCUT2D eigenvalue weighted by molar-refractivity contribution is 7.89.